The van der Waals surface area contributed by atoms with Gasteiger partial charge in [-0.15, -0.1) is 0 Å². The maximum absolute atomic E-state index is 12.4. The second kappa shape index (κ2) is 7.59. The van der Waals surface area contributed by atoms with E-state index in [1.165, 1.54) is 0 Å². The number of hydrogen-bond acceptors (Lipinski definition) is 3. The molecule has 0 fully saturated rings. The van der Waals surface area contributed by atoms with Crippen LogP contribution in [0.2, 0.25) is 0 Å². The van der Waals surface area contributed by atoms with Gasteiger partial charge in [-0.25, -0.2) is 0 Å². The molecule has 0 aliphatic heterocycles. The van der Waals surface area contributed by atoms with Gasteiger partial charge >= 0.3 is 0 Å². The number of rotatable bonds is 5. The topological polar surface area (TPSA) is 43.6 Å². The van der Waals surface area contributed by atoms with Crippen molar-refractivity contribution in [2.24, 2.45) is 4.99 Å². The van der Waals surface area contributed by atoms with Crippen molar-refractivity contribution < 1.29 is 9.53 Å². The number of carbonyl (C=O) groups is 1. The zero-order valence-corrected chi connectivity index (χ0v) is 13.3. The molecular formula is C18H22N2O2. The Morgan fingerprint density at radius 3 is 2.55 bits per heavy atom. The number of carbonyl (C=O) groups excluding carboxylic acids is 1. The van der Waals surface area contributed by atoms with E-state index in [-0.39, 0.29) is 11.9 Å². The minimum Gasteiger partial charge on any atom is -0.497 e. The molecule has 0 unspecified atom stereocenters. The van der Waals surface area contributed by atoms with Crippen molar-refractivity contribution in [2.45, 2.75) is 32.7 Å². The minimum absolute atomic E-state index is 0.0517. The molecule has 0 spiro atoms. The zero-order valence-electron chi connectivity index (χ0n) is 13.3. The van der Waals surface area contributed by atoms with Crippen LogP contribution in [0.1, 0.15) is 30.6 Å². The standard InChI is InChI=1S/C18H22N2O2/c1-14(2)19-17-6-4-5-13-20(17)18(21)12-9-15-7-10-16(22-3)11-8-15/h4-8,10-11,13-14H,9,12H2,1-3H3. The van der Waals surface area contributed by atoms with E-state index in [1.54, 1.807) is 17.9 Å². The highest BCUT2D eigenvalue weighted by atomic mass is 16.5. The highest BCUT2D eigenvalue weighted by molar-refractivity contribution is 5.78. The average molecular weight is 298 g/mol. The fourth-order valence-electron chi connectivity index (χ4n) is 2.18. The predicted octanol–water partition coefficient (Wildman–Crippen LogP) is 3.08. The number of benzene rings is 1. The van der Waals surface area contributed by atoms with Crippen LogP contribution in [0.4, 0.5) is 0 Å². The van der Waals surface area contributed by atoms with Gasteiger partial charge in [0.15, 0.2) is 0 Å². The van der Waals surface area contributed by atoms with Crippen LogP contribution in [0.15, 0.2) is 53.7 Å². The molecule has 0 saturated carbocycles. The van der Waals surface area contributed by atoms with Crippen LogP contribution in [0.25, 0.3) is 0 Å². The van der Waals surface area contributed by atoms with E-state index in [1.807, 2.05) is 56.3 Å². The highest BCUT2D eigenvalue weighted by Gasteiger charge is 2.06. The molecule has 0 N–H and O–H groups in total. The third-order valence-corrected chi connectivity index (χ3v) is 3.28. The van der Waals surface area contributed by atoms with Crippen molar-refractivity contribution in [3.8, 4) is 5.75 Å². The number of pyridine rings is 1. The van der Waals surface area contributed by atoms with Crippen molar-refractivity contribution in [1.82, 2.24) is 4.57 Å². The second-order valence-electron chi connectivity index (χ2n) is 5.39. The van der Waals surface area contributed by atoms with Gasteiger partial charge in [0.2, 0.25) is 5.91 Å². The van der Waals surface area contributed by atoms with E-state index >= 15 is 0 Å². The third-order valence-electron chi connectivity index (χ3n) is 3.28. The third kappa shape index (κ3) is 4.32. The largest absolute Gasteiger partial charge is 0.497 e. The van der Waals surface area contributed by atoms with Crippen LogP contribution in [-0.4, -0.2) is 23.6 Å². The van der Waals surface area contributed by atoms with Crippen LogP contribution < -0.4 is 10.2 Å². The van der Waals surface area contributed by atoms with Crippen LogP contribution >= 0.6 is 0 Å². The molecule has 116 valence electrons. The molecule has 2 aromatic rings. The van der Waals surface area contributed by atoms with Gasteiger partial charge in [-0.3, -0.25) is 14.4 Å². The molecule has 0 saturated heterocycles. The second-order valence-corrected chi connectivity index (χ2v) is 5.39. The molecule has 22 heavy (non-hydrogen) atoms. The van der Waals surface area contributed by atoms with Crippen molar-refractivity contribution in [1.29, 1.82) is 0 Å². The zero-order chi connectivity index (χ0) is 15.9. The molecule has 0 atom stereocenters. The average Bonchev–Trinajstić information content (AvgIpc) is 2.53. The van der Waals surface area contributed by atoms with Crippen molar-refractivity contribution in [3.05, 3.63) is 59.7 Å². The predicted molar refractivity (Wildman–Crippen MR) is 87.1 cm³/mol. The van der Waals surface area contributed by atoms with Crippen LogP contribution in [0.5, 0.6) is 5.75 Å². The first-order chi connectivity index (χ1) is 10.6. The van der Waals surface area contributed by atoms with Crippen molar-refractivity contribution >= 4 is 5.91 Å². The fourth-order valence-corrected chi connectivity index (χ4v) is 2.18. The molecule has 0 bridgehead atoms. The summed E-state index contributed by atoms with van der Waals surface area (Å²) in [6.45, 7) is 4.00. The lowest BCUT2D eigenvalue weighted by atomic mass is 10.1. The van der Waals surface area contributed by atoms with Gasteiger partial charge in [0, 0.05) is 18.7 Å². The smallest absolute Gasteiger partial charge is 0.232 e. The number of aryl methyl sites for hydroxylation is 1. The van der Waals surface area contributed by atoms with Gasteiger partial charge < -0.3 is 4.74 Å². The Labute approximate surface area is 131 Å². The Kier molecular flexibility index (Phi) is 5.53. The van der Waals surface area contributed by atoms with E-state index in [0.717, 1.165) is 11.3 Å². The van der Waals surface area contributed by atoms with Crippen LogP contribution in [-0.2, 0) is 6.42 Å². The molecule has 0 radical (unpaired) electrons. The molecule has 1 aromatic heterocycles. The van der Waals surface area contributed by atoms with E-state index in [0.29, 0.717) is 18.3 Å². The summed E-state index contributed by atoms with van der Waals surface area (Å²) in [5, 5.41) is 0. The fraction of sp³-hybridized carbons (Fsp3) is 0.333. The Morgan fingerprint density at radius 2 is 1.91 bits per heavy atom. The molecule has 0 amide bonds. The van der Waals surface area contributed by atoms with Crippen LogP contribution in [0, 0.1) is 0 Å². The molecule has 4 nitrogen and oxygen atoms in total. The molecule has 1 aromatic carbocycles. The number of ether oxygens (including phenoxy) is 1. The quantitative estimate of drug-likeness (QED) is 0.851. The lowest BCUT2D eigenvalue weighted by molar-refractivity contribution is 0.0897. The molecule has 0 aliphatic rings. The number of aromatic nitrogens is 1. The highest BCUT2D eigenvalue weighted by Crippen LogP contribution is 2.12. The summed E-state index contributed by atoms with van der Waals surface area (Å²) in [6.07, 6.45) is 2.92. The Balaban J connectivity index is 2.09. The van der Waals surface area contributed by atoms with Crippen LogP contribution in [0.3, 0.4) is 0 Å². The number of hydrogen-bond donors (Lipinski definition) is 0. The lowest BCUT2D eigenvalue weighted by Crippen LogP contribution is -2.27. The van der Waals surface area contributed by atoms with E-state index < -0.39 is 0 Å². The monoisotopic (exact) mass is 298 g/mol. The summed E-state index contributed by atoms with van der Waals surface area (Å²) in [7, 11) is 1.64. The maximum Gasteiger partial charge on any atom is 0.232 e. The number of methoxy groups -OCH3 is 1. The summed E-state index contributed by atoms with van der Waals surface area (Å²) in [4.78, 5) is 16.9. The van der Waals surface area contributed by atoms with E-state index in [9.17, 15) is 4.79 Å². The van der Waals surface area contributed by atoms with E-state index in [2.05, 4.69) is 4.99 Å². The first-order valence-corrected chi connectivity index (χ1v) is 7.48. The van der Waals surface area contributed by atoms with Crippen molar-refractivity contribution in [2.75, 3.05) is 7.11 Å². The maximum atomic E-state index is 12.4. The summed E-state index contributed by atoms with van der Waals surface area (Å²) in [5.74, 6) is 0.876. The molecular weight excluding hydrogens is 276 g/mol. The van der Waals surface area contributed by atoms with E-state index in [4.69, 9.17) is 4.74 Å². The van der Waals surface area contributed by atoms with Gasteiger partial charge in [-0.2, -0.15) is 0 Å². The molecule has 0 aliphatic carbocycles. The minimum atomic E-state index is 0.0517. The number of nitrogens with zero attached hydrogens (tertiary/aromatic N) is 2. The molecule has 2 rings (SSSR count). The van der Waals surface area contributed by atoms with Gasteiger partial charge in [0.25, 0.3) is 0 Å². The molecule has 4 heteroatoms. The van der Waals surface area contributed by atoms with Gasteiger partial charge in [0.05, 0.1) is 7.11 Å². The Hall–Kier alpha value is -2.36. The first-order valence-electron chi connectivity index (χ1n) is 7.48. The summed E-state index contributed by atoms with van der Waals surface area (Å²) < 4.78 is 6.76. The van der Waals surface area contributed by atoms with Gasteiger partial charge in [0.1, 0.15) is 11.2 Å². The first kappa shape index (κ1) is 16.0. The summed E-state index contributed by atoms with van der Waals surface area (Å²) >= 11 is 0. The van der Waals surface area contributed by atoms with Crippen molar-refractivity contribution in [3.63, 3.8) is 0 Å². The summed E-state index contributed by atoms with van der Waals surface area (Å²) in [5.41, 5.74) is 1.82. The SMILES string of the molecule is COc1ccc(CCC(=O)n2ccccc2=NC(C)C)cc1. The Bertz CT molecular complexity index is 685. The van der Waals surface area contributed by atoms with Gasteiger partial charge in [-0.05, 0) is 50.1 Å². The van der Waals surface area contributed by atoms with Gasteiger partial charge in [-0.1, -0.05) is 18.2 Å². The normalized spacial score (nSPS) is 11.7. The Morgan fingerprint density at radius 1 is 1.18 bits per heavy atom. The lowest BCUT2D eigenvalue weighted by Gasteiger charge is -2.07. The molecule has 1 heterocycles. The summed E-state index contributed by atoms with van der Waals surface area (Å²) in [6, 6.07) is 13.6.